The summed E-state index contributed by atoms with van der Waals surface area (Å²) in [6.07, 6.45) is 0. The molecule has 1 amide bonds. The second kappa shape index (κ2) is 4.79. The smallest absolute Gasteiger partial charge is 0.327 e. The molecule has 0 bridgehead atoms. The maximum Gasteiger partial charge on any atom is 0.327 e. The molecule has 0 saturated carbocycles. The summed E-state index contributed by atoms with van der Waals surface area (Å²) in [5.41, 5.74) is 1.46. The van der Waals surface area contributed by atoms with Gasteiger partial charge in [0, 0.05) is 11.3 Å². The SMILES string of the molecule is Cc1ccccc1C(=O)N1CSCC1C(=O)O. The van der Waals surface area contributed by atoms with E-state index in [0.717, 1.165) is 5.56 Å². The van der Waals surface area contributed by atoms with Crippen molar-refractivity contribution in [2.75, 3.05) is 11.6 Å². The zero-order valence-electron chi connectivity index (χ0n) is 9.42. The first-order valence-electron chi connectivity index (χ1n) is 5.28. The van der Waals surface area contributed by atoms with Crippen LogP contribution in [0.25, 0.3) is 0 Å². The van der Waals surface area contributed by atoms with Crippen LogP contribution in [-0.4, -0.2) is 39.6 Å². The fourth-order valence-electron chi connectivity index (χ4n) is 1.81. The molecule has 17 heavy (non-hydrogen) atoms. The number of carboxylic acids is 1. The maximum atomic E-state index is 12.2. The van der Waals surface area contributed by atoms with E-state index in [2.05, 4.69) is 0 Å². The van der Waals surface area contributed by atoms with E-state index < -0.39 is 12.0 Å². The van der Waals surface area contributed by atoms with Crippen LogP contribution in [0.15, 0.2) is 24.3 Å². The van der Waals surface area contributed by atoms with Gasteiger partial charge in [0.25, 0.3) is 5.91 Å². The minimum absolute atomic E-state index is 0.194. The first-order chi connectivity index (χ1) is 8.11. The van der Waals surface area contributed by atoms with E-state index in [-0.39, 0.29) is 5.91 Å². The number of aryl methyl sites for hydroxylation is 1. The minimum atomic E-state index is -0.933. The number of rotatable bonds is 2. The molecule has 4 nitrogen and oxygen atoms in total. The van der Waals surface area contributed by atoms with Crippen LogP contribution in [0, 0.1) is 6.92 Å². The lowest BCUT2D eigenvalue weighted by atomic mass is 10.1. The topological polar surface area (TPSA) is 57.6 Å². The number of carbonyl (C=O) groups excluding carboxylic acids is 1. The maximum absolute atomic E-state index is 12.2. The minimum Gasteiger partial charge on any atom is -0.480 e. The van der Waals surface area contributed by atoms with Crippen molar-refractivity contribution in [2.24, 2.45) is 0 Å². The number of carbonyl (C=O) groups is 2. The molecular formula is C12H13NO3S. The van der Waals surface area contributed by atoms with Crippen molar-refractivity contribution in [1.29, 1.82) is 0 Å². The van der Waals surface area contributed by atoms with Crippen LogP contribution in [0.5, 0.6) is 0 Å². The van der Waals surface area contributed by atoms with Gasteiger partial charge in [-0.05, 0) is 18.6 Å². The van der Waals surface area contributed by atoms with Gasteiger partial charge in [-0.2, -0.15) is 0 Å². The highest BCUT2D eigenvalue weighted by Crippen LogP contribution is 2.24. The van der Waals surface area contributed by atoms with Gasteiger partial charge in [0.05, 0.1) is 5.88 Å². The number of nitrogens with zero attached hydrogens (tertiary/aromatic N) is 1. The molecule has 1 aliphatic rings. The lowest BCUT2D eigenvalue weighted by Crippen LogP contribution is -2.41. The van der Waals surface area contributed by atoms with Crippen LogP contribution >= 0.6 is 11.8 Å². The summed E-state index contributed by atoms with van der Waals surface area (Å²) in [6.45, 7) is 1.85. The van der Waals surface area contributed by atoms with Gasteiger partial charge < -0.3 is 10.0 Å². The second-order valence-electron chi connectivity index (χ2n) is 3.94. The highest BCUT2D eigenvalue weighted by atomic mass is 32.2. The van der Waals surface area contributed by atoms with Gasteiger partial charge in [-0.25, -0.2) is 4.79 Å². The van der Waals surface area contributed by atoms with Crippen molar-refractivity contribution >= 4 is 23.6 Å². The lowest BCUT2D eigenvalue weighted by Gasteiger charge is -2.21. The largest absolute Gasteiger partial charge is 0.480 e. The zero-order valence-corrected chi connectivity index (χ0v) is 10.2. The number of amides is 1. The Morgan fingerprint density at radius 3 is 2.76 bits per heavy atom. The van der Waals surface area contributed by atoms with E-state index in [9.17, 15) is 9.59 Å². The summed E-state index contributed by atoms with van der Waals surface area (Å²) in [5, 5.41) is 9.04. The molecule has 0 spiro atoms. The third-order valence-electron chi connectivity index (χ3n) is 2.80. The van der Waals surface area contributed by atoms with Crippen molar-refractivity contribution < 1.29 is 14.7 Å². The van der Waals surface area contributed by atoms with Gasteiger partial charge in [0.15, 0.2) is 0 Å². The average molecular weight is 251 g/mol. The van der Waals surface area contributed by atoms with E-state index in [4.69, 9.17) is 5.11 Å². The van der Waals surface area contributed by atoms with E-state index in [1.54, 1.807) is 12.1 Å². The van der Waals surface area contributed by atoms with E-state index in [1.165, 1.54) is 16.7 Å². The molecule has 1 aliphatic heterocycles. The Morgan fingerprint density at radius 2 is 2.12 bits per heavy atom. The molecule has 1 saturated heterocycles. The Balaban J connectivity index is 2.26. The molecule has 0 aliphatic carbocycles. The summed E-state index contributed by atoms with van der Waals surface area (Å²) >= 11 is 1.47. The molecule has 1 aromatic rings. The third-order valence-corrected chi connectivity index (χ3v) is 3.82. The molecule has 1 heterocycles. The molecule has 1 N–H and O–H groups in total. The van der Waals surface area contributed by atoms with Crippen LogP contribution in [0.1, 0.15) is 15.9 Å². The number of carboxylic acid groups (broad SMARTS) is 1. The van der Waals surface area contributed by atoms with E-state index >= 15 is 0 Å². The van der Waals surface area contributed by atoms with Gasteiger partial charge in [-0.1, -0.05) is 18.2 Å². The second-order valence-corrected chi connectivity index (χ2v) is 4.94. The molecular weight excluding hydrogens is 238 g/mol. The summed E-state index contributed by atoms with van der Waals surface area (Å²) in [6, 6.07) is 6.54. The molecule has 5 heteroatoms. The lowest BCUT2D eigenvalue weighted by molar-refractivity contribution is -0.140. The highest BCUT2D eigenvalue weighted by molar-refractivity contribution is 7.99. The van der Waals surface area contributed by atoms with Gasteiger partial charge in [-0.15, -0.1) is 11.8 Å². The predicted octanol–water partition coefficient (Wildman–Crippen LogP) is 1.59. The van der Waals surface area contributed by atoms with Crippen molar-refractivity contribution in [3.63, 3.8) is 0 Å². The first kappa shape index (κ1) is 12.0. The molecule has 0 radical (unpaired) electrons. The summed E-state index contributed by atoms with van der Waals surface area (Å²) in [4.78, 5) is 24.7. The fraction of sp³-hybridized carbons (Fsp3) is 0.333. The monoisotopic (exact) mass is 251 g/mol. The summed E-state index contributed by atoms with van der Waals surface area (Å²) < 4.78 is 0. The van der Waals surface area contributed by atoms with Crippen molar-refractivity contribution in [3.8, 4) is 0 Å². The van der Waals surface area contributed by atoms with E-state index in [0.29, 0.717) is 17.2 Å². The summed E-state index contributed by atoms with van der Waals surface area (Å²) in [5.74, 6) is -0.214. The van der Waals surface area contributed by atoms with Crippen molar-refractivity contribution in [1.82, 2.24) is 4.90 Å². The van der Waals surface area contributed by atoms with Gasteiger partial charge in [0.1, 0.15) is 6.04 Å². The number of benzene rings is 1. The Hall–Kier alpha value is -1.49. The average Bonchev–Trinajstić information content (AvgIpc) is 2.77. The summed E-state index contributed by atoms with van der Waals surface area (Å²) in [7, 11) is 0. The van der Waals surface area contributed by atoms with Gasteiger partial charge >= 0.3 is 5.97 Å². The standard InChI is InChI=1S/C12H13NO3S/c1-8-4-2-3-5-9(8)11(14)13-7-17-6-10(13)12(15)16/h2-5,10H,6-7H2,1H3,(H,15,16). The number of thioether (sulfide) groups is 1. The first-order valence-corrected chi connectivity index (χ1v) is 6.44. The molecule has 2 rings (SSSR count). The predicted molar refractivity (Wildman–Crippen MR) is 66.1 cm³/mol. The zero-order chi connectivity index (χ0) is 12.4. The van der Waals surface area contributed by atoms with Crippen LogP contribution in [0.2, 0.25) is 0 Å². The van der Waals surface area contributed by atoms with Gasteiger partial charge in [-0.3, -0.25) is 4.79 Å². The molecule has 0 aromatic heterocycles. The Kier molecular flexibility index (Phi) is 3.38. The van der Waals surface area contributed by atoms with Crippen LogP contribution in [0.3, 0.4) is 0 Å². The van der Waals surface area contributed by atoms with E-state index in [1.807, 2.05) is 19.1 Å². The highest BCUT2D eigenvalue weighted by Gasteiger charge is 2.35. The number of aliphatic carboxylic acids is 1. The number of hydrogen-bond acceptors (Lipinski definition) is 3. The molecule has 1 atom stereocenters. The van der Waals surface area contributed by atoms with Crippen molar-refractivity contribution in [3.05, 3.63) is 35.4 Å². The Labute approximate surface area is 104 Å². The van der Waals surface area contributed by atoms with Crippen LogP contribution in [-0.2, 0) is 4.79 Å². The molecule has 1 unspecified atom stereocenters. The molecule has 1 aromatic carbocycles. The third kappa shape index (κ3) is 2.29. The van der Waals surface area contributed by atoms with Crippen LogP contribution < -0.4 is 0 Å². The quantitative estimate of drug-likeness (QED) is 0.867. The molecule has 1 fully saturated rings. The molecule has 90 valence electrons. The Morgan fingerprint density at radius 1 is 1.41 bits per heavy atom. The van der Waals surface area contributed by atoms with Gasteiger partial charge in [0.2, 0.25) is 0 Å². The Bertz CT molecular complexity index is 461. The number of hydrogen-bond donors (Lipinski definition) is 1. The van der Waals surface area contributed by atoms with Crippen LogP contribution in [0.4, 0.5) is 0 Å². The normalized spacial score (nSPS) is 19.4. The van der Waals surface area contributed by atoms with Crippen molar-refractivity contribution in [2.45, 2.75) is 13.0 Å². The fourth-order valence-corrected chi connectivity index (χ4v) is 2.96.